The van der Waals surface area contributed by atoms with Crippen LogP contribution in [0.15, 0.2) is 48.5 Å². The maximum absolute atomic E-state index is 10.7. The molecule has 0 saturated carbocycles. The number of methoxy groups -OCH3 is 1. The maximum Gasteiger partial charge on any atom is 0.302 e. The van der Waals surface area contributed by atoms with Crippen molar-refractivity contribution in [3.8, 4) is 11.5 Å². The van der Waals surface area contributed by atoms with Crippen LogP contribution in [0.4, 0.5) is 0 Å². The smallest absolute Gasteiger partial charge is 0.302 e. The van der Waals surface area contributed by atoms with Crippen molar-refractivity contribution in [1.82, 2.24) is 0 Å². The number of carbonyl (C=O) groups excluding carboxylic acids is 1. The number of phenols is 1. The monoisotopic (exact) mass is 390 g/mol. The van der Waals surface area contributed by atoms with Gasteiger partial charge in [-0.25, -0.2) is 0 Å². The van der Waals surface area contributed by atoms with Crippen molar-refractivity contribution in [3.05, 3.63) is 59.7 Å². The second-order valence-electron chi connectivity index (χ2n) is 6.12. The molecule has 0 aromatic heterocycles. The van der Waals surface area contributed by atoms with Crippen molar-refractivity contribution < 1.29 is 34.0 Å². The van der Waals surface area contributed by atoms with Crippen LogP contribution in [0.3, 0.4) is 0 Å². The highest BCUT2D eigenvalue weighted by molar-refractivity contribution is 5.66. The van der Waals surface area contributed by atoms with Crippen LogP contribution in [0.5, 0.6) is 11.5 Å². The molecule has 2 aromatic carbocycles. The molecule has 152 valence electrons. The minimum absolute atomic E-state index is 0.152. The molecular weight excluding hydrogens is 364 g/mol. The Kier molecular flexibility index (Phi) is 8.98. The normalized spacial score (nSPS) is 16.4. The number of phenolic OH excluding ortho intramolecular Hbond substituents is 1. The fourth-order valence-electron chi connectivity index (χ4n) is 2.21. The van der Waals surface area contributed by atoms with Gasteiger partial charge in [-0.2, -0.15) is 0 Å². The Bertz CT molecular complexity index is 764. The SMILES string of the molecule is CC(=O)O.CC(=O)OCC1(c2ccc(C)cc2O)CO1.COc1ccccc1. The van der Waals surface area contributed by atoms with Gasteiger partial charge in [0.2, 0.25) is 0 Å². The fourth-order valence-corrected chi connectivity index (χ4v) is 2.21. The molecule has 7 nitrogen and oxygen atoms in total. The van der Waals surface area contributed by atoms with Crippen molar-refractivity contribution in [2.45, 2.75) is 26.4 Å². The molecule has 0 amide bonds. The van der Waals surface area contributed by atoms with Crippen molar-refractivity contribution in [2.75, 3.05) is 20.3 Å². The first-order valence-corrected chi connectivity index (χ1v) is 8.56. The molecule has 1 heterocycles. The summed E-state index contributed by atoms with van der Waals surface area (Å²) in [6.45, 7) is 4.96. The predicted octanol–water partition coefficient (Wildman–Crippen LogP) is 3.28. The molecule has 2 N–H and O–H groups in total. The van der Waals surface area contributed by atoms with Crippen LogP contribution >= 0.6 is 0 Å². The molecule has 0 radical (unpaired) electrons. The maximum atomic E-state index is 10.7. The number of carbonyl (C=O) groups is 2. The van der Waals surface area contributed by atoms with Crippen LogP contribution in [0.1, 0.15) is 25.0 Å². The minimum Gasteiger partial charge on any atom is -0.508 e. The van der Waals surface area contributed by atoms with Crippen LogP contribution < -0.4 is 4.74 Å². The summed E-state index contributed by atoms with van der Waals surface area (Å²) >= 11 is 0. The van der Waals surface area contributed by atoms with Gasteiger partial charge in [0, 0.05) is 19.4 Å². The van der Waals surface area contributed by atoms with Crippen LogP contribution in [0, 0.1) is 6.92 Å². The Morgan fingerprint density at radius 1 is 1.14 bits per heavy atom. The lowest BCUT2D eigenvalue weighted by atomic mass is 9.98. The first kappa shape index (κ1) is 23.0. The van der Waals surface area contributed by atoms with Gasteiger partial charge in [-0.3, -0.25) is 9.59 Å². The summed E-state index contributed by atoms with van der Waals surface area (Å²) in [7, 11) is 1.66. The number of benzene rings is 2. The Hall–Kier alpha value is -3.06. The highest BCUT2D eigenvalue weighted by Crippen LogP contribution is 2.43. The largest absolute Gasteiger partial charge is 0.508 e. The van der Waals surface area contributed by atoms with Crippen molar-refractivity contribution in [3.63, 3.8) is 0 Å². The quantitative estimate of drug-likeness (QED) is 0.609. The van der Waals surface area contributed by atoms with E-state index in [1.807, 2.05) is 43.3 Å². The summed E-state index contributed by atoms with van der Waals surface area (Å²) in [5, 5.41) is 17.2. The van der Waals surface area contributed by atoms with Gasteiger partial charge >= 0.3 is 5.97 Å². The average molecular weight is 390 g/mol. The Morgan fingerprint density at radius 3 is 2.11 bits per heavy atom. The molecule has 2 aromatic rings. The van der Waals surface area contributed by atoms with Gasteiger partial charge in [0.25, 0.3) is 5.97 Å². The lowest BCUT2D eigenvalue weighted by Crippen LogP contribution is -2.19. The van der Waals surface area contributed by atoms with E-state index >= 15 is 0 Å². The lowest BCUT2D eigenvalue weighted by Gasteiger charge is -2.14. The zero-order valence-electron chi connectivity index (χ0n) is 16.5. The number of carboxylic acid groups (broad SMARTS) is 1. The molecule has 1 unspecified atom stereocenters. The van der Waals surface area contributed by atoms with Crippen LogP contribution in [-0.2, 0) is 24.7 Å². The molecule has 7 heteroatoms. The number of rotatable bonds is 4. The number of aliphatic carboxylic acids is 1. The van der Waals surface area contributed by atoms with Gasteiger partial charge in [0.1, 0.15) is 18.1 Å². The van der Waals surface area contributed by atoms with E-state index in [0.29, 0.717) is 12.2 Å². The number of carboxylic acids is 1. The summed E-state index contributed by atoms with van der Waals surface area (Å²) in [6.07, 6.45) is 0. The zero-order valence-corrected chi connectivity index (χ0v) is 16.5. The van der Waals surface area contributed by atoms with Gasteiger partial charge in [0.05, 0.1) is 13.7 Å². The third kappa shape index (κ3) is 8.09. The predicted molar refractivity (Wildman–Crippen MR) is 103 cm³/mol. The number of hydrogen-bond donors (Lipinski definition) is 2. The lowest BCUT2D eigenvalue weighted by molar-refractivity contribution is -0.143. The number of aromatic hydroxyl groups is 1. The van der Waals surface area contributed by atoms with E-state index in [2.05, 4.69) is 0 Å². The van der Waals surface area contributed by atoms with Crippen molar-refractivity contribution >= 4 is 11.9 Å². The summed E-state index contributed by atoms with van der Waals surface area (Å²) in [5.41, 5.74) is 1.02. The third-order valence-electron chi connectivity index (χ3n) is 3.62. The van der Waals surface area contributed by atoms with Crippen LogP contribution in [-0.4, -0.2) is 42.5 Å². The topological polar surface area (TPSA) is 106 Å². The Morgan fingerprint density at radius 2 is 1.71 bits per heavy atom. The number of hydrogen-bond acceptors (Lipinski definition) is 6. The van der Waals surface area contributed by atoms with Gasteiger partial charge < -0.3 is 24.4 Å². The highest BCUT2D eigenvalue weighted by Gasteiger charge is 2.49. The van der Waals surface area contributed by atoms with E-state index in [-0.39, 0.29) is 18.3 Å². The molecule has 3 rings (SSSR count). The Labute approximate surface area is 164 Å². The number of para-hydroxylation sites is 1. The van der Waals surface area contributed by atoms with Gasteiger partial charge in [-0.1, -0.05) is 30.3 Å². The number of ether oxygens (including phenoxy) is 3. The first-order valence-electron chi connectivity index (χ1n) is 8.56. The molecule has 1 fully saturated rings. The molecule has 0 aliphatic carbocycles. The van der Waals surface area contributed by atoms with E-state index in [1.54, 1.807) is 19.2 Å². The summed E-state index contributed by atoms with van der Waals surface area (Å²) in [5.74, 6) is -0.0846. The molecule has 1 aliphatic heterocycles. The number of epoxide rings is 1. The molecule has 1 saturated heterocycles. The van der Waals surface area contributed by atoms with Gasteiger partial charge in [-0.05, 0) is 30.7 Å². The second kappa shape index (κ2) is 10.9. The summed E-state index contributed by atoms with van der Waals surface area (Å²) < 4.78 is 15.2. The van der Waals surface area contributed by atoms with Gasteiger partial charge in [-0.15, -0.1) is 0 Å². The van der Waals surface area contributed by atoms with E-state index in [0.717, 1.165) is 18.2 Å². The number of esters is 1. The minimum atomic E-state index is -0.833. The molecule has 28 heavy (non-hydrogen) atoms. The van der Waals surface area contributed by atoms with Crippen molar-refractivity contribution in [2.24, 2.45) is 0 Å². The van der Waals surface area contributed by atoms with Gasteiger partial charge in [0.15, 0.2) is 5.60 Å². The first-order chi connectivity index (χ1) is 13.2. The summed E-state index contributed by atoms with van der Waals surface area (Å²) in [6, 6.07) is 15.1. The highest BCUT2D eigenvalue weighted by atomic mass is 16.6. The van der Waals surface area contributed by atoms with E-state index < -0.39 is 11.6 Å². The van der Waals surface area contributed by atoms with E-state index in [4.69, 9.17) is 24.1 Å². The molecular formula is C21H26O7. The molecule has 1 aliphatic rings. The van der Waals surface area contributed by atoms with E-state index in [9.17, 15) is 9.90 Å². The summed E-state index contributed by atoms with van der Waals surface area (Å²) in [4.78, 5) is 19.7. The standard InChI is InChI=1S/C12H14O4.C7H8O.C2H4O2/c1-8-3-4-10(11(14)5-8)12(7-16-12)6-15-9(2)13;1-8-7-5-3-2-4-6-7;1-2(3)4/h3-5,14H,6-7H2,1-2H3;2-6H,1H3;1H3,(H,3,4). The van der Waals surface area contributed by atoms with E-state index in [1.165, 1.54) is 6.92 Å². The second-order valence-corrected chi connectivity index (χ2v) is 6.12. The third-order valence-corrected chi connectivity index (χ3v) is 3.62. The molecule has 0 bridgehead atoms. The van der Waals surface area contributed by atoms with Crippen LogP contribution in [0.2, 0.25) is 0 Å². The number of aryl methyl sites for hydroxylation is 1. The molecule has 0 spiro atoms. The average Bonchev–Trinajstić information content (AvgIpc) is 3.42. The van der Waals surface area contributed by atoms with Crippen LogP contribution in [0.25, 0.3) is 0 Å². The zero-order chi connectivity index (χ0) is 21.2. The molecule has 1 atom stereocenters. The Balaban J connectivity index is 0.000000272. The van der Waals surface area contributed by atoms with Crippen molar-refractivity contribution in [1.29, 1.82) is 0 Å². The fraction of sp³-hybridized carbons (Fsp3) is 0.333.